The molecule has 1 aliphatic carbocycles. The molecule has 0 aromatic rings. The van der Waals surface area contributed by atoms with Crippen molar-refractivity contribution in [2.24, 2.45) is 0 Å². The second kappa shape index (κ2) is 5.05. The quantitative estimate of drug-likeness (QED) is 0.726. The number of halogens is 1. The molecule has 0 saturated heterocycles. The van der Waals surface area contributed by atoms with Crippen LogP contribution in [-0.2, 0) is 9.59 Å². The Morgan fingerprint density at radius 1 is 1.64 bits per heavy atom. The Balaban J connectivity index is 2.77. The van der Waals surface area contributed by atoms with Gasteiger partial charge in [0.1, 0.15) is 0 Å². The van der Waals surface area contributed by atoms with E-state index in [9.17, 15) is 9.59 Å². The molecule has 14 heavy (non-hydrogen) atoms. The van der Waals surface area contributed by atoms with Crippen LogP contribution in [0.15, 0.2) is 34.4 Å². The van der Waals surface area contributed by atoms with E-state index in [0.717, 1.165) is 4.48 Å². The summed E-state index contributed by atoms with van der Waals surface area (Å²) >= 11 is 3.29. The van der Waals surface area contributed by atoms with Crippen LogP contribution in [0.1, 0.15) is 19.8 Å². The number of hydrogen-bond acceptors (Lipinski definition) is 2. The molecule has 0 bridgehead atoms. The molecule has 0 aromatic carbocycles. The summed E-state index contributed by atoms with van der Waals surface area (Å²) in [6.45, 7) is 1.79. The van der Waals surface area contributed by atoms with Gasteiger partial charge in [0, 0.05) is 22.9 Å². The molecule has 0 aromatic heterocycles. The third-order valence-electron chi connectivity index (χ3n) is 1.90. The van der Waals surface area contributed by atoms with Crippen LogP contribution in [0.4, 0.5) is 0 Å². The second-order valence-corrected chi connectivity index (χ2v) is 3.88. The van der Waals surface area contributed by atoms with Crippen molar-refractivity contribution in [2.75, 3.05) is 0 Å². The van der Waals surface area contributed by atoms with Gasteiger partial charge in [-0.25, -0.2) is 0 Å². The summed E-state index contributed by atoms with van der Waals surface area (Å²) < 4.78 is 0.890. The molecule has 74 valence electrons. The van der Waals surface area contributed by atoms with Gasteiger partial charge in [0.05, 0.1) is 0 Å². The fourth-order valence-electron chi connectivity index (χ4n) is 1.04. The molecule has 0 fully saturated rings. The predicted molar refractivity (Wildman–Crippen MR) is 59.2 cm³/mol. The van der Waals surface area contributed by atoms with E-state index in [0.29, 0.717) is 18.4 Å². The molecule has 0 heterocycles. The first kappa shape index (κ1) is 11.1. The SMILES string of the molecule is CCC(=O)C=CC1=CC(Br)=CCC1=O. The number of carbonyl (C=O) groups is 2. The smallest absolute Gasteiger partial charge is 0.166 e. The van der Waals surface area contributed by atoms with Crippen molar-refractivity contribution in [3.63, 3.8) is 0 Å². The van der Waals surface area contributed by atoms with E-state index in [1.807, 2.05) is 0 Å². The minimum atomic E-state index is 0.0318. The average Bonchev–Trinajstić information content (AvgIpc) is 2.19. The summed E-state index contributed by atoms with van der Waals surface area (Å²) in [6, 6.07) is 0. The van der Waals surface area contributed by atoms with E-state index in [1.165, 1.54) is 6.08 Å². The van der Waals surface area contributed by atoms with Crippen LogP contribution in [0, 0.1) is 0 Å². The van der Waals surface area contributed by atoms with Crippen LogP contribution in [0.3, 0.4) is 0 Å². The largest absolute Gasteiger partial charge is 0.295 e. The van der Waals surface area contributed by atoms with E-state index in [1.54, 1.807) is 25.2 Å². The van der Waals surface area contributed by atoms with E-state index in [2.05, 4.69) is 15.9 Å². The third kappa shape index (κ3) is 3.07. The van der Waals surface area contributed by atoms with Crippen molar-refractivity contribution in [2.45, 2.75) is 19.8 Å². The Bertz CT molecular complexity index is 348. The number of Topliss-reactive ketones (excluding diaryl/α,β-unsaturated/α-hetero) is 1. The van der Waals surface area contributed by atoms with Gasteiger partial charge in [-0.3, -0.25) is 9.59 Å². The van der Waals surface area contributed by atoms with Crippen LogP contribution in [0.5, 0.6) is 0 Å². The van der Waals surface area contributed by atoms with Gasteiger partial charge in [-0.2, -0.15) is 0 Å². The Hall–Kier alpha value is -0.960. The first-order chi connectivity index (χ1) is 6.63. The van der Waals surface area contributed by atoms with Crippen LogP contribution >= 0.6 is 15.9 Å². The molecule has 0 radical (unpaired) electrons. The van der Waals surface area contributed by atoms with Crippen LogP contribution in [0.25, 0.3) is 0 Å². The second-order valence-electron chi connectivity index (χ2n) is 2.97. The Morgan fingerprint density at radius 2 is 2.36 bits per heavy atom. The Kier molecular flexibility index (Phi) is 4.01. The molecule has 1 aliphatic rings. The molecule has 0 unspecified atom stereocenters. The molecule has 0 N–H and O–H groups in total. The normalized spacial score (nSPS) is 16.9. The highest BCUT2D eigenvalue weighted by atomic mass is 79.9. The van der Waals surface area contributed by atoms with Gasteiger partial charge in [0.25, 0.3) is 0 Å². The summed E-state index contributed by atoms with van der Waals surface area (Å²) in [6.07, 6.45) is 7.44. The lowest BCUT2D eigenvalue weighted by Gasteiger charge is -2.04. The van der Waals surface area contributed by atoms with Gasteiger partial charge >= 0.3 is 0 Å². The zero-order valence-corrected chi connectivity index (χ0v) is 9.50. The van der Waals surface area contributed by atoms with Gasteiger partial charge in [-0.1, -0.05) is 28.9 Å². The molecule has 0 spiro atoms. The molecule has 3 heteroatoms. The Labute approximate surface area is 91.5 Å². The minimum Gasteiger partial charge on any atom is -0.295 e. The van der Waals surface area contributed by atoms with E-state index < -0.39 is 0 Å². The molecule has 0 atom stereocenters. The molecule has 0 aliphatic heterocycles. The highest BCUT2D eigenvalue weighted by molar-refractivity contribution is 9.11. The van der Waals surface area contributed by atoms with Gasteiger partial charge in [-0.05, 0) is 18.2 Å². The van der Waals surface area contributed by atoms with E-state index >= 15 is 0 Å². The molecular formula is C11H11BrO2. The van der Waals surface area contributed by atoms with Crippen molar-refractivity contribution in [3.8, 4) is 0 Å². The van der Waals surface area contributed by atoms with Crippen molar-refractivity contribution in [1.29, 1.82) is 0 Å². The minimum absolute atomic E-state index is 0.0318. The number of allylic oxidation sites excluding steroid dienone is 6. The molecule has 0 amide bonds. The van der Waals surface area contributed by atoms with Gasteiger partial charge < -0.3 is 0 Å². The average molecular weight is 255 g/mol. The van der Waals surface area contributed by atoms with E-state index in [-0.39, 0.29) is 11.6 Å². The molecular weight excluding hydrogens is 244 g/mol. The number of hydrogen-bond donors (Lipinski definition) is 0. The van der Waals surface area contributed by atoms with Crippen molar-refractivity contribution < 1.29 is 9.59 Å². The van der Waals surface area contributed by atoms with E-state index in [4.69, 9.17) is 0 Å². The fourth-order valence-corrected chi connectivity index (χ4v) is 1.45. The summed E-state index contributed by atoms with van der Waals surface area (Å²) in [4.78, 5) is 22.3. The van der Waals surface area contributed by atoms with Crippen LogP contribution in [0.2, 0.25) is 0 Å². The number of rotatable bonds is 3. The summed E-state index contributed by atoms with van der Waals surface area (Å²) in [5.41, 5.74) is 0.584. The highest BCUT2D eigenvalue weighted by Crippen LogP contribution is 2.19. The lowest BCUT2D eigenvalue weighted by molar-refractivity contribution is -0.114. The lowest BCUT2D eigenvalue weighted by atomic mass is 10.0. The summed E-state index contributed by atoms with van der Waals surface area (Å²) in [5.74, 6) is 0.0812. The zero-order valence-electron chi connectivity index (χ0n) is 7.92. The molecule has 2 nitrogen and oxygen atoms in total. The molecule has 0 saturated carbocycles. The third-order valence-corrected chi connectivity index (χ3v) is 2.45. The van der Waals surface area contributed by atoms with Gasteiger partial charge in [0.15, 0.2) is 11.6 Å². The monoisotopic (exact) mass is 254 g/mol. The first-order valence-corrected chi connectivity index (χ1v) is 5.24. The topological polar surface area (TPSA) is 34.1 Å². The molecule has 1 rings (SSSR count). The maximum absolute atomic E-state index is 11.3. The van der Waals surface area contributed by atoms with Crippen molar-refractivity contribution in [3.05, 3.63) is 34.4 Å². The number of ketones is 2. The maximum Gasteiger partial charge on any atom is 0.166 e. The first-order valence-electron chi connectivity index (χ1n) is 4.45. The predicted octanol–water partition coefficient (Wildman–Crippen LogP) is 2.70. The summed E-state index contributed by atoms with van der Waals surface area (Å²) in [7, 11) is 0. The summed E-state index contributed by atoms with van der Waals surface area (Å²) in [5, 5.41) is 0. The zero-order chi connectivity index (χ0) is 10.6. The Morgan fingerprint density at radius 3 is 3.00 bits per heavy atom. The van der Waals surface area contributed by atoms with Crippen LogP contribution < -0.4 is 0 Å². The van der Waals surface area contributed by atoms with Gasteiger partial charge in [-0.15, -0.1) is 0 Å². The van der Waals surface area contributed by atoms with Gasteiger partial charge in [0.2, 0.25) is 0 Å². The lowest BCUT2D eigenvalue weighted by Crippen LogP contribution is -2.03. The maximum atomic E-state index is 11.3. The standard InChI is InChI=1S/C11H11BrO2/c1-2-10(13)5-3-8-7-9(12)4-6-11(8)14/h3-5,7H,2,6H2,1H3. The number of carbonyl (C=O) groups excluding carboxylic acids is 2. The van der Waals surface area contributed by atoms with Crippen molar-refractivity contribution in [1.82, 2.24) is 0 Å². The van der Waals surface area contributed by atoms with Crippen molar-refractivity contribution >= 4 is 27.5 Å². The van der Waals surface area contributed by atoms with Crippen LogP contribution in [-0.4, -0.2) is 11.6 Å². The highest BCUT2D eigenvalue weighted by Gasteiger charge is 2.10. The fraction of sp³-hybridized carbons (Fsp3) is 0.273.